The Morgan fingerprint density at radius 2 is 2.18 bits per heavy atom. The first-order valence-corrected chi connectivity index (χ1v) is 6.48. The molecule has 0 aliphatic rings. The molecule has 0 bridgehead atoms. The van der Waals surface area contributed by atoms with E-state index >= 15 is 0 Å². The van der Waals surface area contributed by atoms with E-state index in [1.807, 2.05) is 29.6 Å². The summed E-state index contributed by atoms with van der Waals surface area (Å²) in [6, 6.07) is 12.1. The van der Waals surface area contributed by atoms with Gasteiger partial charge in [-0.25, -0.2) is 0 Å². The summed E-state index contributed by atoms with van der Waals surface area (Å²) in [6.07, 6.45) is 0.841. The maximum Gasteiger partial charge on any atom is 0.119 e. The first kappa shape index (κ1) is 12.1. The monoisotopic (exact) mass is 248 g/mol. The number of rotatable bonds is 5. The third kappa shape index (κ3) is 3.08. The molecule has 2 aromatic rings. The highest BCUT2D eigenvalue weighted by Crippen LogP contribution is 2.25. The molecule has 1 aromatic heterocycles. The topological polar surface area (TPSA) is 29.5 Å². The Labute approximate surface area is 105 Å². The molecule has 0 amide bonds. The average Bonchev–Trinajstić information content (AvgIpc) is 2.90. The molecule has 1 heterocycles. The second kappa shape index (κ2) is 5.84. The van der Waals surface area contributed by atoms with E-state index in [0.717, 1.165) is 12.2 Å². The summed E-state index contributed by atoms with van der Waals surface area (Å²) in [6.45, 7) is 0.178. The van der Waals surface area contributed by atoms with E-state index in [9.17, 15) is 5.11 Å². The number of aliphatic hydroxyl groups excluding tert-OH is 1. The highest BCUT2D eigenvalue weighted by Gasteiger charge is 2.12. The molecule has 0 saturated carbocycles. The Morgan fingerprint density at radius 3 is 2.82 bits per heavy atom. The van der Waals surface area contributed by atoms with Crippen molar-refractivity contribution in [2.45, 2.75) is 12.3 Å². The van der Waals surface area contributed by atoms with Gasteiger partial charge in [-0.15, -0.1) is 11.3 Å². The van der Waals surface area contributed by atoms with Gasteiger partial charge in [0.15, 0.2) is 0 Å². The van der Waals surface area contributed by atoms with E-state index in [2.05, 4.69) is 12.1 Å². The zero-order valence-corrected chi connectivity index (χ0v) is 10.6. The van der Waals surface area contributed by atoms with Gasteiger partial charge in [0.25, 0.3) is 0 Å². The largest absolute Gasteiger partial charge is 0.497 e. The van der Waals surface area contributed by atoms with E-state index < -0.39 is 0 Å². The summed E-state index contributed by atoms with van der Waals surface area (Å²) in [4.78, 5) is 1.23. The van der Waals surface area contributed by atoms with Gasteiger partial charge in [-0.2, -0.15) is 0 Å². The standard InChI is InChI=1S/C14H16O2S/c1-16-13-5-2-4-11(9-13)8-12(10-15)14-6-3-7-17-14/h2-7,9,12,15H,8,10H2,1H3. The minimum Gasteiger partial charge on any atom is -0.497 e. The van der Waals surface area contributed by atoms with Gasteiger partial charge in [-0.3, -0.25) is 0 Å². The lowest BCUT2D eigenvalue weighted by molar-refractivity contribution is 0.266. The van der Waals surface area contributed by atoms with Crippen LogP contribution >= 0.6 is 11.3 Å². The van der Waals surface area contributed by atoms with Crippen molar-refractivity contribution in [3.05, 3.63) is 52.2 Å². The number of ether oxygens (including phenoxy) is 1. The van der Waals surface area contributed by atoms with E-state index in [-0.39, 0.29) is 12.5 Å². The van der Waals surface area contributed by atoms with Gasteiger partial charge in [0.1, 0.15) is 5.75 Å². The third-order valence-corrected chi connectivity index (χ3v) is 3.82. The lowest BCUT2D eigenvalue weighted by Crippen LogP contribution is -2.06. The predicted molar refractivity (Wildman–Crippen MR) is 70.8 cm³/mol. The number of thiophene rings is 1. The van der Waals surface area contributed by atoms with Crippen LogP contribution < -0.4 is 4.74 Å². The lowest BCUT2D eigenvalue weighted by atomic mass is 9.98. The molecule has 1 aromatic carbocycles. The molecule has 0 spiro atoms. The van der Waals surface area contributed by atoms with E-state index in [4.69, 9.17) is 4.74 Å². The van der Waals surface area contributed by atoms with Gasteiger partial charge in [0.2, 0.25) is 0 Å². The van der Waals surface area contributed by atoms with Gasteiger partial charge in [0.05, 0.1) is 13.7 Å². The quantitative estimate of drug-likeness (QED) is 0.881. The molecule has 0 aliphatic heterocycles. The summed E-state index contributed by atoms with van der Waals surface area (Å²) >= 11 is 1.69. The predicted octanol–water partition coefficient (Wildman–Crippen LogP) is 3.08. The zero-order valence-electron chi connectivity index (χ0n) is 9.80. The number of benzene rings is 1. The van der Waals surface area contributed by atoms with Crippen molar-refractivity contribution in [3.63, 3.8) is 0 Å². The summed E-state index contributed by atoms with van der Waals surface area (Å²) in [5.41, 5.74) is 1.19. The first-order valence-electron chi connectivity index (χ1n) is 5.60. The number of aliphatic hydroxyl groups is 1. The maximum atomic E-state index is 9.46. The van der Waals surface area contributed by atoms with Gasteiger partial charge in [-0.05, 0) is 35.6 Å². The molecule has 1 N–H and O–H groups in total. The summed E-state index contributed by atoms with van der Waals surface area (Å²) in [5.74, 6) is 1.05. The Bertz CT molecular complexity index is 451. The van der Waals surface area contributed by atoms with Crippen LogP contribution in [-0.4, -0.2) is 18.8 Å². The minimum atomic E-state index is 0.178. The van der Waals surface area contributed by atoms with Gasteiger partial charge < -0.3 is 9.84 Å². The van der Waals surface area contributed by atoms with E-state index in [1.165, 1.54) is 10.4 Å². The molecule has 1 unspecified atom stereocenters. The first-order chi connectivity index (χ1) is 8.33. The van der Waals surface area contributed by atoms with Crippen molar-refractivity contribution in [1.29, 1.82) is 0 Å². The molecule has 2 nitrogen and oxygen atoms in total. The Hall–Kier alpha value is -1.32. The van der Waals surface area contributed by atoms with Gasteiger partial charge in [-0.1, -0.05) is 18.2 Å². The van der Waals surface area contributed by atoms with Crippen LogP contribution in [0.15, 0.2) is 41.8 Å². The number of hydrogen-bond acceptors (Lipinski definition) is 3. The lowest BCUT2D eigenvalue weighted by Gasteiger charge is -2.13. The number of hydrogen-bond donors (Lipinski definition) is 1. The number of methoxy groups -OCH3 is 1. The summed E-state index contributed by atoms with van der Waals surface area (Å²) < 4.78 is 5.20. The van der Waals surface area contributed by atoms with Crippen LogP contribution in [0, 0.1) is 0 Å². The molecule has 0 radical (unpaired) electrons. The van der Waals surface area contributed by atoms with Crippen molar-refractivity contribution < 1.29 is 9.84 Å². The van der Waals surface area contributed by atoms with Crippen molar-refractivity contribution in [1.82, 2.24) is 0 Å². The van der Waals surface area contributed by atoms with Crippen LogP contribution in [0.2, 0.25) is 0 Å². The van der Waals surface area contributed by atoms with Crippen molar-refractivity contribution in [2.75, 3.05) is 13.7 Å². The molecule has 3 heteroatoms. The Morgan fingerprint density at radius 1 is 1.29 bits per heavy atom. The van der Waals surface area contributed by atoms with Crippen molar-refractivity contribution >= 4 is 11.3 Å². The average molecular weight is 248 g/mol. The maximum absolute atomic E-state index is 9.46. The molecule has 0 aliphatic carbocycles. The molecule has 2 rings (SSSR count). The molecule has 90 valence electrons. The van der Waals surface area contributed by atoms with E-state index in [0.29, 0.717) is 0 Å². The minimum absolute atomic E-state index is 0.178. The fourth-order valence-corrected chi connectivity index (χ4v) is 2.68. The van der Waals surface area contributed by atoms with Crippen LogP contribution in [0.25, 0.3) is 0 Å². The molecule has 0 saturated heterocycles. The Kier molecular flexibility index (Phi) is 4.18. The molecular weight excluding hydrogens is 232 g/mol. The normalized spacial score (nSPS) is 12.4. The SMILES string of the molecule is COc1cccc(CC(CO)c2cccs2)c1. The van der Waals surface area contributed by atoms with Crippen molar-refractivity contribution in [3.8, 4) is 5.75 Å². The molecule has 0 fully saturated rings. The van der Waals surface area contributed by atoms with Crippen LogP contribution in [0.3, 0.4) is 0 Å². The second-order valence-corrected chi connectivity index (χ2v) is 4.93. The van der Waals surface area contributed by atoms with Gasteiger partial charge in [0, 0.05) is 10.8 Å². The highest BCUT2D eigenvalue weighted by molar-refractivity contribution is 7.10. The fourth-order valence-electron chi connectivity index (χ4n) is 1.86. The smallest absolute Gasteiger partial charge is 0.119 e. The van der Waals surface area contributed by atoms with E-state index in [1.54, 1.807) is 18.4 Å². The molecular formula is C14H16O2S. The molecule has 17 heavy (non-hydrogen) atoms. The van der Waals surface area contributed by atoms with Gasteiger partial charge >= 0.3 is 0 Å². The summed E-state index contributed by atoms with van der Waals surface area (Å²) in [7, 11) is 1.67. The van der Waals surface area contributed by atoms with Crippen LogP contribution in [0.4, 0.5) is 0 Å². The van der Waals surface area contributed by atoms with Crippen LogP contribution in [0.1, 0.15) is 16.4 Å². The fraction of sp³-hybridized carbons (Fsp3) is 0.286. The van der Waals surface area contributed by atoms with Crippen LogP contribution in [-0.2, 0) is 6.42 Å². The highest BCUT2D eigenvalue weighted by atomic mass is 32.1. The Balaban J connectivity index is 2.13. The van der Waals surface area contributed by atoms with Crippen LogP contribution in [0.5, 0.6) is 5.75 Å². The summed E-state index contributed by atoms with van der Waals surface area (Å²) in [5, 5.41) is 11.5. The van der Waals surface area contributed by atoms with Crippen molar-refractivity contribution in [2.24, 2.45) is 0 Å². The molecule has 1 atom stereocenters. The zero-order chi connectivity index (χ0) is 12.1. The third-order valence-electron chi connectivity index (χ3n) is 2.78. The second-order valence-electron chi connectivity index (χ2n) is 3.95.